The van der Waals surface area contributed by atoms with E-state index in [2.05, 4.69) is 5.32 Å². The predicted molar refractivity (Wildman–Crippen MR) is 86.4 cm³/mol. The zero-order chi connectivity index (χ0) is 17.0. The second-order valence-electron chi connectivity index (χ2n) is 5.40. The maximum Gasteiger partial charge on any atom is 0.246 e. The van der Waals surface area contributed by atoms with E-state index >= 15 is 0 Å². The number of aliphatic hydroxyl groups excluding tert-OH is 1. The summed E-state index contributed by atoms with van der Waals surface area (Å²) >= 11 is 0. The van der Waals surface area contributed by atoms with Crippen molar-refractivity contribution in [2.75, 3.05) is 39.5 Å². The van der Waals surface area contributed by atoms with Crippen LogP contribution in [-0.4, -0.2) is 61.3 Å². The molecule has 6 nitrogen and oxygen atoms in total. The third-order valence-corrected chi connectivity index (χ3v) is 2.57. The van der Waals surface area contributed by atoms with Crippen LogP contribution in [0.3, 0.4) is 0 Å². The van der Waals surface area contributed by atoms with Gasteiger partial charge in [0.1, 0.15) is 0 Å². The van der Waals surface area contributed by atoms with Gasteiger partial charge in [0.15, 0.2) is 0 Å². The summed E-state index contributed by atoms with van der Waals surface area (Å²) in [6.07, 6.45) is 3.08. The number of amides is 2. The van der Waals surface area contributed by atoms with Gasteiger partial charge >= 0.3 is 0 Å². The van der Waals surface area contributed by atoms with Gasteiger partial charge in [-0.25, -0.2) is 0 Å². The van der Waals surface area contributed by atoms with Crippen LogP contribution in [0.1, 0.15) is 27.7 Å². The maximum absolute atomic E-state index is 12.1. The van der Waals surface area contributed by atoms with Gasteiger partial charge in [-0.3, -0.25) is 9.59 Å². The molecule has 2 N–H and O–H groups in total. The number of aliphatic hydroxyl groups is 1. The first kappa shape index (κ1) is 20.3. The smallest absolute Gasteiger partial charge is 0.246 e. The molecule has 0 atom stereocenters. The number of ether oxygens (including phenoxy) is 1. The van der Waals surface area contributed by atoms with Crippen molar-refractivity contribution in [1.29, 1.82) is 0 Å². The second-order valence-corrected chi connectivity index (χ2v) is 5.40. The van der Waals surface area contributed by atoms with Crippen LogP contribution in [-0.2, 0) is 14.3 Å². The summed E-state index contributed by atoms with van der Waals surface area (Å²) in [4.78, 5) is 25.2. The molecule has 0 aromatic heterocycles. The molecule has 0 fully saturated rings. The maximum atomic E-state index is 12.1. The van der Waals surface area contributed by atoms with Crippen LogP contribution < -0.4 is 5.32 Å². The van der Waals surface area contributed by atoms with Gasteiger partial charge < -0.3 is 20.1 Å². The molecule has 0 saturated carbocycles. The van der Waals surface area contributed by atoms with Crippen molar-refractivity contribution in [3.63, 3.8) is 0 Å². The van der Waals surface area contributed by atoms with Crippen LogP contribution >= 0.6 is 0 Å². The second kappa shape index (κ2) is 11.9. The van der Waals surface area contributed by atoms with Gasteiger partial charge in [-0.15, -0.1) is 0 Å². The van der Waals surface area contributed by atoms with Crippen molar-refractivity contribution in [1.82, 2.24) is 10.2 Å². The Bertz CT molecular complexity index is 408. The Labute approximate surface area is 132 Å². The van der Waals surface area contributed by atoms with E-state index in [1.807, 2.05) is 27.7 Å². The molecule has 0 aliphatic heterocycles. The van der Waals surface area contributed by atoms with Crippen LogP contribution in [0.5, 0.6) is 0 Å². The highest BCUT2D eigenvalue weighted by Gasteiger charge is 2.11. The summed E-state index contributed by atoms with van der Waals surface area (Å²) in [6, 6.07) is 0. The zero-order valence-electron chi connectivity index (χ0n) is 14.0. The largest absolute Gasteiger partial charge is 0.394 e. The van der Waals surface area contributed by atoms with Crippen LogP contribution in [0, 0.1) is 0 Å². The predicted octanol–water partition coefficient (Wildman–Crippen LogP) is 0.873. The summed E-state index contributed by atoms with van der Waals surface area (Å²) in [5.74, 6) is -0.268. The van der Waals surface area contributed by atoms with Gasteiger partial charge in [-0.2, -0.15) is 0 Å². The topological polar surface area (TPSA) is 78.9 Å². The minimum Gasteiger partial charge on any atom is -0.394 e. The molecule has 0 rings (SSSR count). The highest BCUT2D eigenvalue weighted by molar-refractivity contribution is 5.89. The fraction of sp³-hybridized carbons (Fsp3) is 0.625. The Balaban J connectivity index is 4.39. The normalized spacial score (nSPS) is 9.86. The number of carbonyl (C=O) groups is 2. The Hall–Kier alpha value is -1.66. The summed E-state index contributed by atoms with van der Waals surface area (Å²) < 4.78 is 5.19. The van der Waals surface area contributed by atoms with Gasteiger partial charge in [0.05, 0.1) is 19.8 Å². The molecule has 126 valence electrons. The average Bonchev–Trinajstić information content (AvgIpc) is 2.39. The summed E-state index contributed by atoms with van der Waals surface area (Å²) in [5.41, 5.74) is 1.84. The minimum absolute atomic E-state index is 0.0410. The molecule has 0 aliphatic carbocycles. The van der Waals surface area contributed by atoms with Crippen molar-refractivity contribution in [2.24, 2.45) is 0 Å². The molecule has 0 aromatic carbocycles. The van der Waals surface area contributed by atoms with Crippen molar-refractivity contribution in [2.45, 2.75) is 27.7 Å². The standard InChI is InChI=1S/C16H28N2O4/c1-13(2)11-15(20)17-5-6-18(7-9-22-10-8-19)16(21)12-14(3)4/h11-12,19H,5-10H2,1-4H3,(H,17,20). The molecule has 0 radical (unpaired) electrons. The number of nitrogens with zero attached hydrogens (tertiary/aromatic N) is 1. The number of carbonyl (C=O) groups excluding carboxylic acids is 2. The molecule has 6 heteroatoms. The number of hydrogen-bond donors (Lipinski definition) is 2. The van der Waals surface area contributed by atoms with Crippen molar-refractivity contribution < 1.29 is 19.4 Å². The van der Waals surface area contributed by atoms with Crippen LogP contribution in [0.2, 0.25) is 0 Å². The van der Waals surface area contributed by atoms with Crippen molar-refractivity contribution in [3.8, 4) is 0 Å². The van der Waals surface area contributed by atoms with Crippen molar-refractivity contribution >= 4 is 11.8 Å². The molecular formula is C16H28N2O4. The molecule has 0 aliphatic rings. The molecule has 0 aromatic rings. The SMILES string of the molecule is CC(C)=CC(=O)NCCN(CCOCCO)C(=O)C=C(C)C. The van der Waals surface area contributed by atoms with Crippen LogP contribution in [0.15, 0.2) is 23.3 Å². The molecule has 0 spiro atoms. The lowest BCUT2D eigenvalue weighted by atomic mass is 10.3. The Kier molecular flexibility index (Phi) is 11.0. The van der Waals surface area contributed by atoms with E-state index in [1.54, 1.807) is 11.0 Å². The van der Waals surface area contributed by atoms with Gasteiger partial charge in [0, 0.05) is 31.8 Å². The number of nitrogens with one attached hydrogen (secondary N) is 1. The van der Waals surface area contributed by atoms with E-state index < -0.39 is 0 Å². The lowest BCUT2D eigenvalue weighted by Crippen LogP contribution is -2.39. The Morgan fingerprint density at radius 3 is 2.23 bits per heavy atom. The monoisotopic (exact) mass is 312 g/mol. The van der Waals surface area contributed by atoms with Crippen molar-refractivity contribution in [3.05, 3.63) is 23.3 Å². The fourth-order valence-electron chi connectivity index (χ4n) is 1.64. The Morgan fingerprint density at radius 2 is 1.68 bits per heavy atom. The van der Waals surface area contributed by atoms with Gasteiger partial charge in [-0.1, -0.05) is 11.1 Å². The lowest BCUT2D eigenvalue weighted by molar-refractivity contribution is -0.127. The summed E-state index contributed by atoms with van der Waals surface area (Å²) in [5, 5.41) is 11.4. The zero-order valence-corrected chi connectivity index (χ0v) is 14.0. The first-order valence-corrected chi connectivity index (χ1v) is 7.42. The quantitative estimate of drug-likeness (QED) is 0.463. The molecular weight excluding hydrogens is 284 g/mol. The molecule has 22 heavy (non-hydrogen) atoms. The van der Waals surface area contributed by atoms with Gasteiger partial charge in [0.2, 0.25) is 11.8 Å². The lowest BCUT2D eigenvalue weighted by Gasteiger charge is -2.21. The van der Waals surface area contributed by atoms with E-state index in [-0.39, 0.29) is 25.0 Å². The Morgan fingerprint density at radius 1 is 1.05 bits per heavy atom. The number of hydrogen-bond acceptors (Lipinski definition) is 4. The van der Waals surface area contributed by atoms with E-state index in [0.717, 1.165) is 11.1 Å². The van der Waals surface area contributed by atoms with E-state index in [9.17, 15) is 9.59 Å². The average molecular weight is 312 g/mol. The fourth-order valence-corrected chi connectivity index (χ4v) is 1.64. The molecule has 2 amide bonds. The molecule has 0 bridgehead atoms. The van der Waals surface area contributed by atoms with Crippen LogP contribution in [0.25, 0.3) is 0 Å². The highest BCUT2D eigenvalue weighted by atomic mass is 16.5. The van der Waals surface area contributed by atoms with Gasteiger partial charge in [0.25, 0.3) is 0 Å². The molecule has 0 unspecified atom stereocenters. The first-order valence-electron chi connectivity index (χ1n) is 7.42. The third-order valence-electron chi connectivity index (χ3n) is 2.57. The number of rotatable bonds is 10. The van der Waals surface area contributed by atoms with Gasteiger partial charge in [-0.05, 0) is 27.7 Å². The highest BCUT2D eigenvalue weighted by Crippen LogP contribution is 1.97. The third kappa shape index (κ3) is 11.0. The summed E-state index contributed by atoms with van der Waals surface area (Å²) in [6.45, 7) is 9.18. The van der Waals surface area contributed by atoms with E-state index in [4.69, 9.17) is 9.84 Å². The number of allylic oxidation sites excluding steroid dienone is 2. The van der Waals surface area contributed by atoms with E-state index in [1.165, 1.54) is 6.08 Å². The molecule has 0 saturated heterocycles. The molecule has 0 heterocycles. The summed E-state index contributed by atoms with van der Waals surface area (Å²) in [7, 11) is 0. The van der Waals surface area contributed by atoms with Crippen LogP contribution in [0.4, 0.5) is 0 Å². The minimum atomic E-state index is -0.161. The van der Waals surface area contributed by atoms with E-state index in [0.29, 0.717) is 26.2 Å². The first-order chi connectivity index (χ1) is 10.4.